The van der Waals surface area contributed by atoms with Gasteiger partial charge in [0.15, 0.2) is 0 Å². The molecular weight excluding hydrogens is 895 g/mol. The topological polar surface area (TPSA) is 189 Å². The first-order valence-corrected chi connectivity index (χ1v) is 21.4. The molecular formula is C50H46BrN13O2. The van der Waals surface area contributed by atoms with Gasteiger partial charge in [-0.15, -0.1) is 6.42 Å². The number of carbonyl (C=O) groups excluding carboxylic acids is 2. The fraction of sp³-hybridized carbons (Fsp3) is 0.200. The molecule has 9 rings (SSSR count). The molecule has 16 heteroatoms. The summed E-state index contributed by atoms with van der Waals surface area (Å²) in [6, 6.07) is 24.4. The monoisotopic (exact) mass is 939 g/mol. The molecule has 0 unspecified atom stereocenters. The lowest BCUT2D eigenvalue weighted by Gasteiger charge is -2.03. The van der Waals surface area contributed by atoms with Gasteiger partial charge in [-0.3, -0.25) is 53.5 Å². The SMILES string of the molecule is Brc1ccc2nccnc2c1.C#Cc1ccn(C(C)C)n1.CC#N.CC(C)n1ccc(C#Cc2ccc3nccnc3c2)n1.CC(C)n1ccc(C(=O)C(=O)c2ccc3nccnc3c2)n1. The Morgan fingerprint density at radius 1 is 0.545 bits per heavy atom. The summed E-state index contributed by atoms with van der Waals surface area (Å²) in [4.78, 5) is 49.6. The summed E-state index contributed by atoms with van der Waals surface area (Å²) >= 11 is 3.36. The quantitative estimate of drug-likeness (QED) is 0.0873. The molecule has 0 saturated carbocycles. The van der Waals surface area contributed by atoms with E-state index in [1.807, 2.05) is 84.1 Å². The van der Waals surface area contributed by atoms with Gasteiger partial charge in [-0.1, -0.05) is 21.9 Å². The normalized spacial score (nSPS) is 10.2. The molecule has 15 nitrogen and oxygen atoms in total. The highest BCUT2D eigenvalue weighted by atomic mass is 79.9. The Morgan fingerprint density at radius 2 is 0.985 bits per heavy atom. The van der Waals surface area contributed by atoms with Gasteiger partial charge in [0, 0.05) is 96.4 Å². The van der Waals surface area contributed by atoms with Crippen LogP contribution in [0, 0.1) is 35.5 Å². The number of hydrogen-bond donors (Lipinski definition) is 0. The van der Waals surface area contributed by atoms with Crippen molar-refractivity contribution < 1.29 is 9.59 Å². The van der Waals surface area contributed by atoms with Gasteiger partial charge < -0.3 is 0 Å². The van der Waals surface area contributed by atoms with Crippen LogP contribution in [0.4, 0.5) is 0 Å². The Kier molecular flexibility index (Phi) is 17.7. The van der Waals surface area contributed by atoms with Crippen molar-refractivity contribution in [3.8, 4) is 30.3 Å². The predicted octanol–water partition coefficient (Wildman–Crippen LogP) is 9.65. The highest BCUT2D eigenvalue weighted by molar-refractivity contribution is 9.10. The molecule has 0 fully saturated rings. The van der Waals surface area contributed by atoms with Crippen LogP contribution >= 0.6 is 15.9 Å². The van der Waals surface area contributed by atoms with Gasteiger partial charge >= 0.3 is 0 Å². The number of nitrogens with zero attached hydrogens (tertiary/aromatic N) is 13. The number of ketones is 2. The number of rotatable bonds is 6. The second-order valence-electron chi connectivity index (χ2n) is 14.8. The van der Waals surface area contributed by atoms with Gasteiger partial charge in [0.25, 0.3) is 5.78 Å². The van der Waals surface area contributed by atoms with Crippen LogP contribution in [0.5, 0.6) is 0 Å². The van der Waals surface area contributed by atoms with Crippen LogP contribution in [0.15, 0.2) is 133 Å². The van der Waals surface area contributed by atoms with E-state index in [1.54, 1.807) is 78.4 Å². The number of halogens is 1. The van der Waals surface area contributed by atoms with Crippen LogP contribution in [0.25, 0.3) is 33.1 Å². The second-order valence-corrected chi connectivity index (χ2v) is 15.7. The zero-order valence-electron chi connectivity index (χ0n) is 37.4. The van der Waals surface area contributed by atoms with E-state index in [1.165, 1.54) is 6.92 Å². The molecule has 66 heavy (non-hydrogen) atoms. The molecule has 0 N–H and O–H groups in total. The third kappa shape index (κ3) is 13.9. The van der Waals surface area contributed by atoms with Crippen molar-refractivity contribution in [2.75, 3.05) is 0 Å². The number of fused-ring (bicyclic) bond motifs is 3. The summed E-state index contributed by atoms with van der Waals surface area (Å²) in [6.07, 6.45) is 20.5. The molecule has 0 aliphatic carbocycles. The van der Waals surface area contributed by atoms with Gasteiger partial charge in [0.1, 0.15) is 17.1 Å². The maximum Gasteiger partial charge on any atom is 0.253 e. The van der Waals surface area contributed by atoms with E-state index in [9.17, 15) is 9.59 Å². The molecule has 0 aliphatic rings. The maximum absolute atomic E-state index is 12.3. The molecule has 0 saturated heterocycles. The third-order valence-corrected chi connectivity index (χ3v) is 9.46. The molecule has 330 valence electrons. The minimum atomic E-state index is -0.623. The summed E-state index contributed by atoms with van der Waals surface area (Å²) < 4.78 is 6.42. The van der Waals surface area contributed by atoms with E-state index in [2.05, 4.69) is 107 Å². The van der Waals surface area contributed by atoms with Gasteiger partial charge in [0.2, 0.25) is 5.78 Å². The lowest BCUT2D eigenvalue weighted by molar-refractivity contribution is 0.0813. The molecule has 0 aliphatic heterocycles. The van der Waals surface area contributed by atoms with Crippen molar-refractivity contribution in [2.45, 2.75) is 66.6 Å². The first kappa shape index (κ1) is 48.8. The Morgan fingerprint density at radius 3 is 1.48 bits per heavy atom. The number of terminal acetylenes is 1. The molecule has 3 aromatic carbocycles. The third-order valence-electron chi connectivity index (χ3n) is 8.97. The summed E-state index contributed by atoms with van der Waals surface area (Å²) in [5.74, 6) is 7.43. The largest absolute Gasteiger partial charge is 0.285 e. The summed E-state index contributed by atoms with van der Waals surface area (Å²) in [5.41, 5.74) is 7.66. The lowest BCUT2D eigenvalue weighted by atomic mass is 10.0. The average molecular weight is 941 g/mol. The smallest absolute Gasteiger partial charge is 0.253 e. The van der Waals surface area contributed by atoms with E-state index < -0.39 is 11.6 Å². The van der Waals surface area contributed by atoms with Crippen LogP contribution in [-0.2, 0) is 0 Å². The molecule has 0 bridgehead atoms. The highest BCUT2D eigenvalue weighted by Gasteiger charge is 2.21. The standard InChI is InChI=1S/C16H14N4O2.C16H14N4.C8H5BrN2.C8H10N2.C2H3N/c1-10(2)20-8-5-13(19-20)16(22)15(21)11-3-4-12-14(9-11)18-7-6-17-12;1-12(2)20-10-7-14(19-20)5-3-13-4-6-15-16(11-13)18-9-8-17-15;9-6-1-2-7-8(5-6)11-4-3-10-7;1-4-8-5-6-10(9-8)7(2)3;1-2-3/h3-10H,1-2H3;4,6-12H,1-2H3;1-5H;1,5-7H,2-3H3;1H3. The van der Waals surface area contributed by atoms with Crippen LogP contribution in [0.1, 0.15) is 104 Å². The van der Waals surface area contributed by atoms with Crippen molar-refractivity contribution in [3.05, 3.63) is 161 Å². The van der Waals surface area contributed by atoms with Gasteiger partial charge in [0.05, 0.1) is 39.2 Å². The molecule has 0 atom stereocenters. The number of carbonyl (C=O) groups is 2. The number of Topliss-reactive ketones (excluding diaryl/α,β-unsaturated/α-hetero) is 2. The summed E-state index contributed by atoms with van der Waals surface area (Å²) in [6.45, 7) is 13.6. The second kappa shape index (κ2) is 24.0. The van der Waals surface area contributed by atoms with Crippen LogP contribution in [0.3, 0.4) is 0 Å². The molecule has 9 aromatic rings. The lowest BCUT2D eigenvalue weighted by Crippen LogP contribution is -2.16. The van der Waals surface area contributed by atoms with Crippen LogP contribution in [0.2, 0.25) is 0 Å². The van der Waals surface area contributed by atoms with E-state index in [-0.39, 0.29) is 17.3 Å². The van der Waals surface area contributed by atoms with Crippen molar-refractivity contribution >= 4 is 60.6 Å². The van der Waals surface area contributed by atoms with Crippen molar-refractivity contribution in [2.24, 2.45) is 0 Å². The number of nitriles is 1. The zero-order chi connectivity index (χ0) is 47.6. The van der Waals surface area contributed by atoms with E-state index in [0.29, 0.717) is 28.8 Å². The van der Waals surface area contributed by atoms with Crippen molar-refractivity contribution in [3.63, 3.8) is 0 Å². The molecule has 0 amide bonds. The molecule has 6 heterocycles. The summed E-state index contributed by atoms with van der Waals surface area (Å²) in [7, 11) is 0. The Labute approximate surface area is 391 Å². The van der Waals surface area contributed by atoms with E-state index in [0.717, 1.165) is 37.8 Å². The minimum absolute atomic E-state index is 0.132. The molecule has 0 radical (unpaired) electrons. The minimum Gasteiger partial charge on any atom is -0.285 e. The average Bonchev–Trinajstić information content (AvgIpc) is 4.14. The molecule has 0 spiro atoms. The fourth-order valence-corrected chi connectivity index (χ4v) is 5.96. The first-order chi connectivity index (χ1) is 31.8. The number of benzene rings is 3. The van der Waals surface area contributed by atoms with Crippen LogP contribution < -0.4 is 0 Å². The van der Waals surface area contributed by atoms with E-state index in [4.69, 9.17) is 11.7 Å². The van der Waals surface area contributed by atoms with Gasteiger partial charge in [-0.25, -0.2) is 0 Å². The number of hydrogen-bond acceptors (Lipinski definition) is 12. The number of aromatic nitrogens is 12. The highest BCUT2D eigenvalue weighted by Crippen LogP contribution is 2.16. The zero-order valence-corrected chi connectivity index (χ0v) is 39.0. The Balaban J connectivity index is 0.000000169. The van der Waals surface area contributed by atoms with Crippen LogP contribution in [-0.4, -0.2) is 70.8 Å². The van der Waals surface area contributed by atoms with Gasteiger partial charge in [-0.05, 0) is 126 Å². The Bertz CT molecular complexity index is 3220. The molecule has 6 aromatic heterocycles. The predicted molar refractivity (Wildman–Crippen MR) is 258 cm³/mol. The van der Waals surface area contributed by atoms with Crippen molar-refractivity contribution in [1.29, 1.82) is 5.26 Å². The maximum atomic E-state index is 12.3. The van der Waals surface area contributed by atoms with Crippen molar-refractivity contribution in [1.82, 2.24) is 59.2 Å². The fourth-order valence-electron chi connectivity index (χ4n) is 5.61. The van der Waals surface area contributed by atoms with Gasteiger partial charge in [-0.2, -0.15) is 20.6 Å². The van der Waals surface area contributed by atoms with E-state index >= 15 is 0 Å². The summed E-state index contributed by atoms with van der Waals surface area (Å²) in [5, 5.41) is 20.0. The first-order valence-electron chi connectivity index (χ1n) is 20.6. The Hall–Kier alpha value is -8.26.